The number of benzene rings is 1. The predicted octanol–water partition coefficient (Wildman–Crippen LogP) is 4.32. The van der Waals surface area contributed by atoms with Gasteiger partial charge >= 0.3 is 0 Å². The maximum atomic E-state index is 9.60. The summed E-state index contributed by atoms with van der Waals surface area (Å²) in [7, 11) is 0. The van der Waals surface area contributed by atoms with Crippen molar-refractivity contribution in [2.75, 3.05) is 0 Å². The first-order valence-corrected chi connectivity index (χ1v) is 7.17. The lowest BCUT2D eigenvalue weighted by Crippen LogP contribution is -2.28. The molecule has 2 fully saturated rings. The fourth-order valence-electron chi connectivity index (χ4n) is 3.80. The predicted molar refractivity (Wildman–Crippen MR) is 71.3 cm³/mol. The van der Waals surface area contributed by atoms with Gasteiger partial charge in [0.15, 0.2) is 0 Å². The smallest absolute Gasteiger partial charge is 0.0696 e. The van der Waals surface area contributed by atoms with Gasteiger partial charge in [0.2, 0.25) is 0 Å². The summed E-state index contributed by atoms with van der Waals surface area (Å²) in [4.78, 5) is 0. The van der Waals surface area contributed by atoms with E-state index in [0.29, 0.717) is 5.92 Å². The zero-order valence-corrected chi connectivity index (χ0v) is 11.4. The second kappa shape index (κ2) is 4.14. The highest BCUT2D eigenvalue weighted by Gasteiger charge is 2.51. The Morgan fingerprint density at radius 3 is 2.59 bits per heavy atom. The van der Waals surface area contributed by atoms with Gasteiger partial charge in [0.1, 0.15) is 0 Å². The normalized spacial score (nSPS) is 34.8. The van der Waals surface area contributed by atoms with E-state index >= 15 is 0 Å². The molecule has 2 heteroatoms. The van der Waals surface area contributed by atoms with E-state index in [9.17, 15) is 5.26 Å². The summed E-state index contributed by atoms with van der Waals surface area (Å²) in [6.45, 7) is 0. The molecule has 2 aliphatic rings. The minimum absolute atomic E-state index is 0.0588. The molecule has 0 aromatic heterocycles. The van der Waals surface area contributed by atoms with Crippen molar-refractivity contribution >= 4 is 15.9 Å². The molecular formula is C15H16BrN. The van der Waals surface area contributed by atoms with Crippen molar-refractivity contribution in [1.29, 1.82) is 5.26 Å². The summed E-state index contributed by atoms with van der Waals surface area (Å²) in [5, 5.41) is 9.60. The van der Waals surface area contributed by atoms with Crippen LogP contribution in [0.4, 0.5) is 0 Å². The number of hydrogen-bond acceptors (Lipinski definition) is 1. The number of nitriles is 1. The largest absolute Gasteiger partial charge is 0.198 e. The molecule has 0 aliphatic heterocycles. The molecule has 0 amide bonds. The second-order valence-corrected chi connectivity index (χ2v) is 6.57. The van der Waals surface area contributed by atoms with Crippen LogP contribution in [-0.4, -0.2) is 0 Å². The average Bonchev–Trinajstić information content (AvgIpc) is 2.93. The van der Waals surface area contributed by atoms with Gasteiger partial charge in [-0.15, -0.1) is 0 Å². The fraction of sp³-hybridized carbons (Fsp3) is 0.533. The van der Waals surface area contributed by atoms with Crippen LogP contribution in [0, 0.1) is 28.6 Å². The van der Waals surface area contributed by atoms with E-state index in [4.69, 9.17) is 0 Å². The van der Waals surface area contributed by atoms with Crippen molar-refractivity contribution in [1.82, 2.24) is 0 Å². The summed E-state index contributed by atoms with van der Waals surface area (Å²) in [6, 6.07) is 11.1. The van der Waals surface area contributed by atoms with E-state index in [1.807, 2.05) is 0 Å². The first-order chi connectivity index (χ1) is 8.22. The molecule has 1 aromatic rings. The number of hydrogen-bond donors (Lipinski definition) is 0. The molecule has 0 heterocycles. The maximum Gasteiger partial charge on any atom is 0.0696 e. The van der Waals surface area contributed by atoms with Gasteiger partial charge in [-0.2, -0.15) is 5.26 Å². The van der Waals surface area contributed by atoms with Gasteiger partial charge in [-0.1, -0.05) is 34.5 Å². The van der Waals surface area contributed by atoms with Gasteiger partial charge in [-0.25, -0.2) is 0 Å². The lowest BCUT2D eigenvalue weighted by molar-refractivity contribution is 0.239. The third kappa shape index (κ3) is 1.91. The Bertz CT molecular complexity index is 459. The SMILES string of the molecule is N#CC1(Cc2ccc(Br)cc2)CC2CCC1C2. The number of halogens is 1. The van der Waals surface area contributed by atoms with Crippen molar-refractivity contribution in [2.45, 2.75) is 32.1 Å². The number of nitrogens with zero attached hydrogens (tertiary/aromatic N) is 1. The first kappa shape index (κ1) is 11.3. The van der Waals surface area contributed by atoms with Crippen molar-refractivity contribution in [3.8, 4) is 6.07 Å². The van der Waals surface area contributed by atoms with Crippen LogP contribution < -0.4 is 0 Å². The highest BCUT2D eigenvalue weighted by molar-refractivity contribution is 9.10. The highest BCUT2D eigenvalue weighted by atomic mass is 79.9. The van der Waals surface area contributed by atoms with Gasteiger partial charge < -0.3 is 0 Å². The standard InChI is InChI=1S/C15H16BrN/c16-14-5-2-11(3-6-14)8-15(10-17)9-12-1-4-13(15)7-12/h2-3,5-6,12-13H,1,4,7-9H2. The molecule has 0 saturated heterocycles. The van der Waals surface area contributed by atoms with Crippen LogP contribution in [0.25, 0.3) is 0 Å². The molecule has 0 radical (unpaired) electrons. The van der Waals surface area contributed by atoms with E-state index in [0.717, 1.165) is 23.2 Å². The second-order valence-electron chi connectivity index (χ2n) is 5.65. The molecule has 0 spiro atoms. The molecule has 17 heavy (non-hydrogen) atoms. The molecule has 88 valence electrons. The zero-order chi connectivity index (χ0) is 11.9. The molecule has 3 rings (SSSR count). The van der Waals surface area contributed by atoms with E-state index < -0.39 is 0 Å². The van der Waals surface area contributed by atoms with Gasteiger partial charge in [-0.3, -0.25) is 0 Å². The summed E-state index contributed by atoms with van der Waals surface area (Å²) in [6.07, 6.45) is 6.00. The third-order valence-electron chi connectivity index (χ3n) is 4.63. The molecular weight excluding hydrogens is 274 g/mol. The fourth-order valence-corrected chi connectivity index (χ4v) is 4.07. The Balaban J connectivity index is 1.84. The molecule has 3 unspecified atom stereocenters. The van der Waals surface area contributed by atoms with Crippen LogP contribution in [0.15, 0.2) is 28.7 Å². The van der Waals surface area contributed by atoms with Crippen molar-refractivity contribution in [3.63, 3.8) is 0 Å². The van der Waals surface area contributed by atoms with Gasteiger partial charge in [0.25, 0.3) is 0 Å². The Morgan fingerprint density at radius 2 is 2.06 bits per heavy atom. The topological polar surface area (TPSA) is 23.8 Å². The van der Waals surface area contributed by atoms with Crippen LogP contribution in [0.1, 0.15) is 31.2 Å². The molecule has 1 nitrogen and oxygen atoms in total. The van der Waals surface area contributed by atoms with Crippen molar-refractivity contribution < 1.29 is 0 Å². The van der Waals surface area contributed by atoms with Gasteiger partial charge in [0.05, 0.1) is 11.5 Å². The Hall–Kier alpha value is -0.810. The zero-order valence-electron chi connectivity index (χ0n) is 9.82. The van der Waals surface area contributed by atoms with Crippen LogP contribution in [0.2, 0.25) is 0 Å². The van der Waals surface area contributed by atoms with Gasteiger partial charge in [0, 0.05) is 4.47 Å². The first-order valence-electron chi connectivity index (χ1n) is 6.37. The van der Waals surface area contributed by atoms with Crippen LogP contribution in [0.5, 0.6) is 0 Å². The average molecular weight is 290 g/mol. The number of rotatable bonds is 2. The van der Waals surface area contributed by atoms with Crippen LogP contribution in [0.3, 0.4) is 0 Å². The summed E-state index contributed by atoms with van der Waals surface area (Å²) < 4.78 is 1.11. The van der Waals surface area contributed by atoms with Crippen molar-refractivity contribution in [3.05, 3.63) is 34.3 Å². The third-order valence-corrected chi connectivity index (χ3v) is 5.16. The molecule has 2 bridgehead atoms. The van der Waals surface area contributed by atoms with E-state index in [-0.39, 0.29) is 5.41 Å². The minimum Gasteiger partial charge on any atom is -0.198 e. The monoisotopic (exact) mass is 289 g/mol. The lowest BCUT2D eigenvalue weighted by Gasteiger charge is -2.31. The highest BCUT2D eigenvalue weighted by Crippen LogP contribution is 2.56. The summed E-state index contributed by atoms with van der Waals surface area (Å²) in [5.41, 5.74) is 1.25. The van der Waals surface area contributed by atoms with E-state index in [1.54, 1.807) is 0 Å². The van der Waals surface area contributed by atoms with Gasteiger partial charge in [-0.05, 0) is 55.2 Å². The van der Waals surface area contributed by atoms with E-state index in [2.05, 4.69) is 46.3 Å². The Morgan fingerprint density at radius 1 is 1.29 bits per heavy atom. The molecule has 3 atom stereocenters. The summed E-state index contributed by atoms with van der Waals surface area (Å²) >= 11 is 3.46. The molecule has 2 aliphatic carbocycles. The van der Waals surface area contributed by atoms with E-state index in [1.165, 1.54) is 24.8 Å². The maximum absolute atomic E-state index is 9.60. The van der Waals surface area contributed by atoms with Crippen LogP contribution in [-0.2, 0) is 6.42 Å². The molecule has 0 N–H and O–H groups in total. The quantitative estimate of drug-likeness (QED) is 0.795. The van der Waals surface area contributed by atoms with Crippen LogP contribution >= 0.6 is 15.9 Å². The Kier molecular flexibility index (Phi) is 2.75. The summed E-state index contributed by atoms with van der Waals surface area (Å²) in [5.74, 6) is 1.48. The Labute approximate surface area is 111 Å². The minimum atomic E-state index is -0.0588. The lowest BCUT2D eigenvalue weighted by atomic mass is 9.70. The molecule has 2 saturated carbocycles. The molecule has 1 aromatic carbocycles. The van der Waals surface area contributed by atoms with Crippen molar-refractivity contribution in [2.24, 2.45) is 17.3 Å². The number of fused-ring (bicyclic) bond motifs is 2.